The molecule has 0 spiro atoms. The molecule has 1 N–H and O–H groups in total. The van der Waals surface area contributed by atoms with Gasteiger partial charge in [0.05, 0.1) is 23.9 Å². The second kappa shape index (κ2) is 8.23. The highest BCUT2D eigenvalue weighted by molar-refractivity contribution is 5.91. The molecule has 2 amide bonds. The van der Waals surface area contributed by atoms with E-state index in [9.17, 15) is 9.59 Å². The van der Waals surface area contributed by atoms with Crippen molar-refractivity contribution < 1.29 is 14.3 Å². The summed E-state index contributed by atoms with van der Waals surface area (Å²) in [5, 5.41) is 11.9. The van der Waals surface area contributed by atoms with Crippen LogP contribution in [0.2, 0.25) is 0 Å². The number of nitrogens with one attached hydrogen (secondary N) is 1. The van der Waals surface area contributed by atoms with Crippen molar-refractivity contribution in [3.63, 3.8) is 0 Å². The van der Waals surface area contributed by atoms with E-state index in [0.717, 1.165) is 5.69 Å². The van der Waals surface area contributed by atoms with Crippen molar-refractivity contribution >= 4 is 23.4 Å². The Balaban J connectivity index is 1.57. The summed E-state index contributed by atoms with van der Waals surface area (Å²) in [6.07, 6.45) is 0. The molecule has 0 aromatic heterocycles. The molecule has 0 bridgehead atoms. The Morgan fingerprint density at radius 2 is 1.70 bits per heavy atom. The van der Waals surface area contributed by atoms with Crippen LogP contribution in [0.3, 0.4) is 0 Å². The van der Waals surface area contributed by atoms with Crippen molar-refractivity contribution in [3.05, 3.63) is 59.7 Å². The number of hydrogen-bond donors (Lipinski definition) is 1. The van der Waals surface area contributed by atoms with Crippen molar-refractivity contribution in [1.29, 1.82) is 5.26 Å². The zero-order valence-corrected chi connectivity index (χ0v) is 15.0. The Morgan fingerprint density at radius 1 is 1.04 bits per heavy atom. The van der Waals surface area contributed by atoms with Gasteiger partial charge in [-0.2, -0.15) is 5.26 Å². The van der Waals surface area contributed by atoms with E-state index < -0.39 is 0 Å². The zero-order chi connectivity index (χ0) is 19.2. The molecule has 138 valence electrons. The lowest BCUT2D eigenvalue weighted by Crippen LogP contribution is -2.50. The van der Waals surface area contributed by atoms with Gasteiger partial charge in [-0.3, -0.25) is 0 Å². The van der Waals surface area contributed by atoms with Crippen molar-refractivity contribution in [2.45, 2.75) is 0 Å². The van der Waals surface area contributed by atoms with Gasteiger partial charge in [-0.25, -0.2) is 9.59 Å². The second-order valence-electron chi connectivity index (χ2n) is 6.10. The summed E-state index contributed by atoms with van der Waals surface area (Å²) in [5.41, 5.74) is 2.47. The molecule has 27 heavy (non-hydrogen) atoms. The van der Waals surface area contributed by atoms with E-state index in [1.54, 1.807) is 41.3 Å². The van der Waals surface area contributed by atoms with Crippen molar-refractivity contribution in [1.82, 2.24) is 4.90 Å². The quantitative estimate of drug-likeness (QED) is 0.847. The van der Waals surface area contributed by atoms with E-state index in [1.165, 1.54) is 7.11 Å². The molecule has 1 saturated heterocycles. The van der Waals surface area contributed by atoms with Gasteiger partial charge in [0.1, 0.15) is 6.07 Å². The number of piperazine rings is 1. The van der Waals surface area contributed by atoms with Crippen molar-refractivity contribution in [3.8, 4) is 6.07 Å². The summed E-state index contributed by atoms with van der Waals surface area (Å²) in [4.78, 5) is 27.9. The van der Waals surface area contributed by atoms with Crippen LogP contribution in [0, 0.1) is 11.3 Å². The molecule has 1 aliphatic rings. The maximum absolute atomic E-state index is 12.5. The summed E-state index contributed by atoms with van der Waals surface area (Å²) in [6, 6.07) is 16.0. The minimum absolute atomic E-state index is 0.210. The van der Waals surface area contributed by atoms with E-state index in [1.807, 2.05) is 12.1 Å². The maximum Gasteiger partial charge on any atom is 0.337 e. The number of carbonyl (C=O) groups excluding carboxylic acids is 2. The summed E-state index contributed by atoms with van der Waals surface area (Å²) >= 11 is 0. The number of methoxy groups -OCH3 is 1. The predicted molar refractivity (Wildman–Crippen MR) is 102 cm³/mol. The number of esters is 1. The fourth-order valence-electron chi connectivity index (χ4n) is 2.98. The molecule has 0 atom stereocenters. The minimum Gasteiger partial charge on any atom is -0.465 e. The number of carbonyl (C=O) groups is 2. The Hall–Kier alpha value is -3.53. The van der Waals surface area contributed by atoms with E-state index in [0.29, 0.717) is 43.0 Å². The average Bonchev–Trinajstić information content (AvgIpc) is 2.73. The van der Waals surface area contributed by atoms with Gasteiger partial charge in [-0.1, -0.05) is 12.1 Å². The molecular formula is C20H20N4O3. The molecule has 2 aromatic rings. The molecule has 3 rings (SSSR count). The molecule has 1 heterocycles. The number of urea groups is 1. The fraction of sp³-hybridized carbons (Fsp3) is 0.250. The lowest BCUT2D eigenvalue weighted by Gasteiger charge is -2.36. The Labute approximate surface area is 157 Å². The first kappa shape index (κ1) is 18.3. The van der Waals surface area contributed by atoms with Crippen LogP contribution in [0.5, 0.6) is 0 Å². The summed E-state index contributed by atoms with van der Waals surface area (Å²) < 4.78 is 4.70. The van der Waals surface area contributed by atoms with E-state index in [4.69, 9.17) is 10.00 Å². The second-order valence-corrected chi connectivity index (χ2v) is 6.10. The van der Waals surface area contributed by atoms with Crippen molar-refractivity contribution in [2.24, 2.45) is 0 Å². The van der Waals surface area contributed by atoms with Gasteiger partial charge in [0, 0.05) is 31.9 Å². The number of nitrogens with zero attached hydrogens (tertiary/aromatic N) is 3. The van der Waals surface area contributed by atoms with E-state index >= 15 is 0 Å². The molecule has 0 unspecified atom stereocenters. The first-order chi connectivity index (χ1) is 13.1. The maximum atomic E-state index is 12.5. The van der Waals surface area contributed by atoms with Crippen LogP contribution >= 0.6 is 0 Å². The van der Waals surface area contributed by atoms with Gasteiger partial charge in [0.25, 0.3) is 0 Å². The van der Waals surface area contributed by atoms with Crippen LogP contribution in [0.25, 0.3) is 0 Å². The van der Waals surface area contributed by atoms with Crippen LogP contribution in [0.4, 0.5) is 16.2 Å². The van der Waals surface area contributed by atoms with E-state index in [-0.39, 0.29) is 12.0 Å². The van der Waals surface area contributed by atoms with Crippen molar-refractivity contribution in [2.75, 3.05) is 43.5 Å². The lowest BCUT2D eigenvalue weighted by molar-refractivity contribution is 0.0600. The minimum atomic E-state index is -0.360. The predicted octanol–water partition coefficient (Wildman–Crippen LogP) is 2.70. The van der Waals surface area contributed by atoms with Crippen LogP contribution in [-0.4, -0.2) is 50.2 Å². The Kier molecular flexibility index (Phi) is 5.57. The number of hydrogen-bond acceptors (Lipinski definition) is 5. The highest BCUT2D eigenvalue weighted by Crippen LogP contribution is 2.19. The molecular weight excluding hydrogens is 344 g/mol. The molecule has 7 heteroatoms. The lowest BCUT2D eigenvalue weighted by atomic mass is 10.2. The third kappa shape index (κ3) is 4.18. The van der Waals surface area contributed by atoms with Gasteiger partial charge in [-0.05, 0) is 36.4 Å². The topological polar surface area (TPSA) is 85.7 Å². The number of ether oxygens (including phenoxy) is 1. The van der Waals surface area contributed by atoms with Gasteiger partial charge in [0.2, 0.25) is 0 Å². The SMILES string of the molecule is COC(=O)c1ccc(N2CCN(C(=O)Nc3ccccc3C#N)CC2)cc1. The Morgan fingerprint density at radius 3 is 2.33 bits per heavy atom. The monoisotopic (exact) mass is 364 g/mol. The molecule has 1 aliphatic heterocycles. The zero-order valence-electron chi connectivity index (χ0n) is 15.0. The molecule has 0 saturated carbocycles. The number of anilines is 2. The first-order valence-corrected chi connectivity index (χ1v) is 8.61. The third-order valence-corrected chi connectivity index (χ3v) is 4.51. The van der Waals surface area contributed by atoms with Gasteiger partial charge in [-0.15, -0.1) is 0 Å². The smallest absolute Gasteiger partial charge is 0.337 e. The summed E-state index contributed by atoms with van der Waals surface area (Å²) in [6.45, 7) is 2.51. The van der Waals surface area contributed by atoms with Gasteiger partial charge < -0.3 is 19.9 Å². The van der Waals surface area contributed by atoms with Crippen LogP contribution in [-0.2, 0) is 4.74 Å². The molecule has 0 aliphatic carbocycles. The highest BCUT2D eigenvalue weighted by Gasteiger charge is 2.22. The third-order valence-electron chi connectivity index (χ3n) is 4.51. The molecule has 1 fully saturated rings. The highest BCUT2D eigenvalue weighted by atomic mass is 16.5. The van der Waals surface area contributed by atoms with Crippen LogP contribution < -0.4 is 10.2 Å². The van der Waals surface area contributed by atoms with Crippen LogP contribution in [0.1, 0.15) is 15.9 Å². The van der Waals surface area contributed by atoms with Gasteiger partial charge >= 0.3 is 12.0 Å². The number of nitriles is 1. The normalized spacial score (nSPS) is 13.6. The first-order valence-electron chi connectivity index (χ1n) is 8.61. The fourth-order valence-corrected chi connectivity index (χ4v) is 2.98. The summed E-state index contributed by atoms with van der Waals surface area (Å²) in [7, 11) is 1.36. The number of benzene rings is 2. The van der Waals surface area contributed by atoms with Gasteiger partial charge in [0.15, 0.2) is 0 Å². The molecule has 0 radical (unpaired) electrons. The van der Waals surface area contributed by atoms with E-state index in [2.05, 4.69) is 16.3 Å². The summed E-state index contributed by atoms with van der Waals surface area (Å²) in [5.74, 6) is -0.360. The standard InChI is InChI=1S/C20H20N4O3/c1-27-19(25)15-6-8-17(9-7-15)23-10-12-24(13-11-23)20(26)22-18-5-3-2-4-16(18)14-21/h2-9H,10-13H2,1H3,(H,22,26). The Bertz CT molecular complexity index is 866. The average molecular weight is 364 g/mol. The number of amides is 2. The number of para-hydroxylation sites is 1. The molecule has 7 nitrogen and oxygen atoms in total. The largest absolute Gasteiger partial charge is 0.465 e. The number of rotatable bonds is 3. The van der Waals surface area contributed by atoms with Crippen LogP contribution in [0.15, 0.2) is 48.5 Å². The molecule has 2 aromatic carbocycles.